The minimum absolute atomic E-state index is 0.259. The van der Waals surface area contributed by atoms with Crippen molar-refractivity contribution in [3.63, 3.8) is 0 Å². The lowest BCUT2D eigenvalue weighted by atomic mass is 9.94. The zero-order valence-corrected chi connectivity index (χ0v) is 16.3. The van der Waals surface area contributed by atoms with Crippen LogP contribution in [0.1, 0.15) is 40.1 Å². The first-order chi connectivity index (χ1) is 12.8. The molecule has 0 fully saturated rings. The van der Waals surface area contributed by atoms with Crippen molar-refractivity contribution in [2.24, 2.45) is 0 Å². The van der Waals surface area contributed by atoms with E-state index in [-0.39, 0.29) is 5.91 Å². The maximum Gasteiger partial charge on any atom is 0.341 e. The maximum absolute atomic E-state index is 12.3. The van der Waals surface area contributed by atoms with Crippen molar-refractivity contribution < 1.29 is 19.1 Å². The Labute approximate surface area is 162 Å². The van der Waals surface area contributed by atoms with Gasteiger partial charge in [-0.25, -0.2) is 4.79 Å². The van der Waals surface area contributed by atoms with E-state index >= 15 is 0 Å². The van der Waals surface area contributed by atoms with Crippen molar-refractivity contribution in [1.82, 2.24) is 5.32 Å². The lowest BCUT2D eigenvalue weighted by molar-refractivity contribution is 0.0589. The third-order valence-corrected chi connectivity index (χ3v) is 4.64. The molecule has 140 valence electrons. The molecule has 3 rings (SSSR count). The summed E-state index contributed by atoms with van der Waals surface area (Å²) in [5.41, 5.74) is 2.54. The van der Waals surface area contributed by atoms with Crippen molar-refractivity contribution in [3.05, 3.63) is 58.1 Å². The molecule has 0 saturated carbocycles. The molecule has 0 radical (unpaired) electrons. The van der Waals surface area contributed by atoms with E-state index in [2.05, 4.69) is 5.32 Å². The predicted molar refractivity (Wildman–Crippen MR) is 105 cm³/mol. The van der Waals surface area contributed by atoms with Gasteiger partial charge in [0.15, 0.2) is 0 Å². The average Bonchev–Trinajstić information content (AvgIpc) is 2.65. The molecule has 0 unspecified atom stereocenters. The summed E-state index contributed by atoms with van der Waals surface area (Å²) in [5, 5.41) is 2.88. The molecule has 2 aromatic rings. The molecule has 0 atom stereocenters. The summed E-state index contributed by atoms with van der Waals surface area (Å²) in [5.74, 6) is -0.246. The van der Waals surface area contributed by atoms with Crippen LogP contribution in [0.25, 0.3) is 17.2 Å². The highest BCUT2D eigenvalue weighted by molar-refractivity contribution is 6.34. The molecule has 0 spiro atoms. The van der Waals surface area contributed by atoms with Crippen LogP contribution in [0.15, 0.2) is 36.4 Å². The SMILES string of the molecule is CNC(=O)c1ccc(-c2cc3c(c(C(=O)OC)c2)OC(C)(C)C=C3)cc1Cl. The second-order valence-electron chi connectivity index (χ2n) is 6.75. The Morgan fingerprint density at radius 1 is 1.11 bits per heavy atom. The number of halogens is 1. The Morgan fingerprint density at radius 2 is 1.85 bits per heavy atom. The topological polar surface area (TPSA) is 64.6 Å². The van der Waals surface area contributed by atoms with E-state index < -0.39 is 11.6 Å². The number of esters is 1. The van der Waals surface area contributed by atoms with Gasteiger partial charge in [0.2, 0.25) is 0 Å². The molecule has 2 aromatic carbocycles. The van der Waals surface area contributed by atoms with E-state index in [0.29, 0.717) is 21.9 Å². The fourth-order valence-corrected chi connectivity index (χ4v) is 3.18. The Balaban J connectivity index is 2.14. The van der Waals surface area contributed by atoms with Crippen molar-refractivity contribution in [1.29, 1.82) is 0 Å². The van der Waals surface area contributed by atoms with E-state index in [1.807, 2.05) is 32.1 Å². The van der Waals surface area contributed by atoms with Crippen LogP contribution in [0.2, 0.25) is 5.02 Å². The van der Waals surface area contributed by atoms with Gasteiger partial charge in [-0.2, -0.15) is 0 Å². The normalized spacial score (nSPS) is 14.1. The van der Waals surface area contributed by atoms with Gasteiger partial charge in [-0.3, -0.25) is 4.79 Å². The second kappa shape index (κ2) is 7.08. The molecule has 0 saturated heterocycles. The van der Waals surface area contributed by atoms with Crippen molar-refractivity contribution in [3.8, 4) is 16.9 Å². The number of nitrogens with one attached hydrogen (secondary N) is 1. The molecular weight excluding hydrogens is 366 g/mol. The Hall–Kier alpha value is -2.79. The number of amides is 1. The molecule has 27 heavy (non-hydrogen) atoms. The molecule has 1 aliphatic heterocycles. The van der Waals surface area contributed by atoms with Gasteiger partial charge in [0.1, 0.15) is 16.9 Å². The van der Waals surface area contributed by atoms with Crippen molar-refractivity contribution in [2.45, 2.75) is 19.4 Å². The summed E-state index contributed by atoms with van der Waals surface area (Å²) in [4.78, 5) is 24.2. The third kappa shape index (κ3) is 3.69. The molecule has 0 aliphatic carbocycles. The first-order valence-electron chi connectivity index (χ1n) is 8.42. The Bertz CT molecular complexity index is 963. The van der Waals surface area contributed by atoms with Crippen LogP contribution >= 0.6 is 11.6 Å². The number of rotatable bonds is 3. The largest absolute Gasteiger partial charge is 0.482 e. The zero-order chi connectivity index (χ0) is 19.8. The lowest BCUT2D eigenvalue weighted by Gasteiger charge is -2.29. The number of carbonyl (C=O) groups excluding carboxylic acids is 2. The van der Waals surface area contributed by atoms with Crippen molar-refractivity contribution in [2.75, 3.05) is 14.2 Å². The minimum atomic E-state index is -0.518. The highest BCUT2D eigenvalue weighted by Crippen LogP contribution is 2.38. The summed E-state index contributed by atoms with van der Waals surface area (Å²) in [6, 6.07) is 8.77. The van der Waals surface area contributed by atoms with E-state index in [9.17, 15) is 9.59 Å². The fraction of sp³-hybridized carbons (Fsp3) is 0.238. The standard InChI is InChI=1S/C21H20ClNO4/c1-21(2)8-7-13-9-14(10-16(18(13)27-21)20(25)26-4)12-5-6-15(17(22)11-12)19(24)23-3/h5-11H,1-4H3,(H,23,24). The third-order valence-electron chi connectivity index (χ3n) is 4.33. The van der Waals surface area contributed by atoms with Gasteiger partial charge >= 0.3 is 5.97 Å². The molecular formula is C21H20ClNO4. The van der Waals surface area contributed by atoms with Crippen LogP contribution in [0.4, 0.5) is 0 Å². The van der Waals surface area contributed by atoms with Gasteiger partial charge in [-0.15, -0.1) is 0 Å². The molecule has 1 N–H and O–H groups in total. The summed E-state index contributed by atoms with van der Waals surface area (Å²) >= 11 is 6.27. The zero-order valence-electron chi connectivity index (χ0n) is 15.6. The summed E-state index contributed by atoms with van der Waals surface area (Å²) < 4.78 is 10.9. The van der Waals surface area contributed by atoms with E-state index in [0.717, 1.165) is 16.7 Å². The summed E-state index contributed by atoms with van der Waals surface area (Å²) in [6.07, 6.45) is 3.86. The van der Waals surface area contributed by atoms with Crippen LogP contribution in [0.3, 0.4) is 0 Å². The molecule has 5 nitrogen and oxygen atoms in total. The smallest absolute Gasteiger partial charge is 0.341 e. The van der Waals surface area contributed by atoms with E-state index in [1.165, 1.54) is 7.11 Å². The van der Waals surface area contributed by atoms with Crippen molar-refractivity contribution >= 4 is 29.6 Å². The molecule has 6 heteroatoms. The monoisotopic (exact) mass is 385 g/mol. The number of hydrogen-bond acceptors (Lipinski definition) is 4. The highest BCUT2D eigenvalue weighted by Gasteiger charge is 2.27. The fourth-order valence-electron chi connectivity index (χ4n) is 2.92. The van der Waals surface area contributed by atoms with Crippen LogP contribution in [0, 0.1) is 0 Å². The quantitative estimate of drug-likeness (QED) is 0.798. The number of ether oxygens (including phenoxy) is 2. The van der Waals surface area contributed by atoms with Crippen LogP contribution in [0.5, 0.6) is 5.75 Å². The van der Waals surface area contributed by atoms with Crippen LogP contribution < -0.4 is 10.1 Å². The van der Waals surface area contributed by atoms with Gasteiger partial charge in [0.05, 0.1) is 17.7 Å². The second-order valence-corrected chi connectivity index (χ2v) is 7.15. The highest BCUT2D eigenvalue weighted by atomic mass is 35.5. The number of carbonyl (C=O) groups is 2. The first kappa shape index (κ1) is 19.0. The van der Waals surface area contributed by atoms with Gasteiger partial charge < -0.3 is 14.8 Å². The number of methoxy groups -OCH3 is 1. The molecule has 1 amide bonds. The van der Waals surface area contributed by atoms with Gasteiger partial charge in [-0.1, -0.05) is 23.7 Å². The summed E-state index contributed by atoms with van der Waals surface area (Å²) in [6.45, 7) is 3.83. The lowest BCUT2D eigenvalue weighted by Crippen LogP contribution is -2.28. The number of fused-ring (bicyclic) bond motifs is 1. The summed E-state index contributed by atoms with van der Waals surface area (Å²) in [7, 11) is 2.88. The average molecular weight is 386 g/mol. The van der Waals surface area contributed by atoms with Gasteiger partial charge in [0, 0.05) is 12.6 Å². The molecule has 0 aromatic heterocycles. The van der Waals surface area contributed by atoms with Crippen LogP contribution in [-0.2, 0) is 4.74 Å². The molecule has 1 heterocycles. The van der Waals surface area contributed by atoms with Crippen LogP contribution in [-0.4, -0.2) is 31.6 Å². The number of benzene rings is 2. The van der Waals surface area contributed by atoms with Gasteiger partial charge in [0.25, 0.3) is 5.91 Å². The Kier molecular flexibility index (Phi) is 4.98. The van der Waals surface area contributed by atoms with E-state index in [4.69, 9.17) is 21.1 Å². The van der Waals surface area contributed by atoms with Gasteiger partial charge in [-0.05, 0) is 55.3 Å². The molecule has 1 aliphatic rings. The predicted octanol–water partition coefficient (Wildman–Crippen LogP) is 4.34. The minimum Gasteiger partial charge on any atom is -0.482 e. The first-order valence-corrected chi connectivity index (χ1v) is 8.80. The maximum atomic E-state index is 12.3. The Morgan fingerprint density at radius 3 is 2.48 bits per heavy atom. The number of hydrogen-bond donors (Lipinski definition) is 1. The van der Waals surface area contributed by atoms with E-state index in [1.54, 1.807) is 31.3 Å². The molecule has 0 bridgehead atoms.